The fourth-order valence-electron chi connectivity index (χ4n) is 2.91. The topological polar surface area (TPSA) is 103 Å². The molecule has 0 aliphatic carbocycles. The van der Waals surface area contributed by atoms with Crippen molar-refractivity contribution in [1.82, 2.24) is 0 Å². The van der Waals surface area contributed by atoms with Crippen molar-refractivity contribution in [1.29, 1.82) is 0 Å². The summed E-state index contributed by atoms with van der Waals surface area (Å²) in [5, 5.41) is 3.25. The molecular weight excluding hydrogens is 491 g/mol. The maximum Gasteiger partial charge on any atom is 0.261 e. The Kier molecular flexibility index (Phi) is 7.57. The fourth-order valence-corrected chi connectivity index (χ4v) is 4.50. The van der Waals surface area contributed by atoms with Crippen molar-refractivity contribution in [2.75, 3.05) is 31.4 Å². The van der Waals surface area contributed by atoms with E-state index in [4.69, 9.17) is 37.4 Å². The molecule has 11 heteroatoms. The molecule has 0 unspecified atom stereocenters. The number of benzene rings is 3. The molecule has 0 aromatic heterocycles. The quantitative estimate of drug-likeness (QED) is 0.438. The Morgan fingerprint density at radius 3 is 1.97 bits per heavy atom. The average Bonchev–Trinajstić information content (AvgIpc) is 2.80. The zero-order valence-electron chi connectivity index (χ0n) is 17.8. The second-order valence-electron chi connectivity index (χ2n) is 6.62. The molecule has 33 heavy (non-hydrogen) atoms. The molecule has 3 rings (SSSR count). The maximum absolute atomic E-state index is 12.7. The highest BCUT2D eigenvalue weighted by Gasteiger charge is 2.19. The van der Waals surface area contributed by atoms with Gasteiger partial charge in [-0.1, -0.05) is 23.2 Å². The summed E-state index contributed by atoms with van der Waals surface area (Å²) >= 11 is 11.9. The lowest BCUT2D eigenvalue weighted by Gasteiger charge is -2.14. The van der Waals surface area contributed by atoms with Gasteiger partial charge in [0.2, 0.25) is 5.75 Å². The van der Waals surface area contributed by atoms with Gasteiger partial charge in [-0.25, -0.2) is 8.42 Å². The van der Waals surface area contributed by atoms with Crippen LogP contribution in [0.1, 0.15) is 10.4 Å². The largest absolute Gasteiger partial charge is 0.493 e. The third-order valence-corrected chi connectivity index (χ3v) is 6.45. The maximum atomic E-state index is 12.7. The van der Waals surface area contributed by atoms with E-state index >= 15 is 0 Å². The Hall–Kier alpha value is -3.14. The van der Waals surface area contributed by atoms with Gasteiger partial charge in [0.05, 0.1) is 36.9 Å². The summed E-state index contributed by atoms with van der Waals surface area (Å²) in [4.78, 5) is 12.7. The molecule has 0 heterocycles. The van der Waals surface area contributed by atoms with E-state index in [9.17, 15) is 13.2 Å². The molecule has 0 aliphatic heterocycles. The van der Waals surface area contributed by atoms with Crippen molar-refractivity contribution in [3.63, 3.8) is 0 Å². The normalized spacial score (nSPS) is 10.9. The van der Waals surface area contributed by atoms with Gasteiger partial charge < -0.3 is 19.5 Å². The Labute approximate surface area is 201 Å². The molecule has 1 amide bonds. The number of anilines is 2. The van der Waals surface area contributed by atoms with Gasteiger partial charge in [-0.3, -0.25) is 9.52 Å². The van der Waals surface area contributed by atoms with Crippen molar-refractivity contribution >= 4 is 50.5 Å². The Morgan fingerprint density at radius 2 is 1.45 bits per heavy atom. The monoisotopic (exact) mass is 510 g/mol. The number of hydrogen-bond donors (Lipinski definition) is 2. The van der Waals surface area contributed by atoms with E-state index in [1.807, 2.05) is 0 Å². The predicted molar refractivity (Wildman–Crippen MR) is 128 cm³/mol. The first-order valence-corrected chi connectivity index (χ1v) is 11.6. The second-order valence-corrected chi connectivity index (χ2v) is 9.15. The predicted octanol–water partition coefficient (Wildman–Crippen LogP) is 5.07. The summed E-state index contributed by atoms with van der Waals surface area (Å²) < 4.78 is 43.5. The number of rotatable bonds is 8. The van der Waals surface area contributed by atoms with Crippen molar-refractivity contribution in [2.24, 2.45) is 0 Å². The molecule has 0 atom stereocenters. The van der Waals surface area contributed by atoms with Crippen LogP contribution in [0.3, 0.4) is 0 Å². The molecule has 3 aromatic rings. The number of hydrogen-bond acceptors (Lipinski definition) is 6. The van der Waals surface area contributed by atoms with Crippen LogP contribution in [-0.2, 0) is 10.0 Å². The van der Waals surface area contributed by atoms with Crippen LogP contribution in [0.25, 0.3) is 0 Å². The lowest BCUT2D eigenvalue weighted by atomic mass is 10.1. The zero-order chi connectivity index (χ0) is 24.2. The zero-order valence-corrected chi connectivity index (χ0v) is 20.1. The minimum absolute atomic E-state index is 0.0145. The molecule has 0 bridgehead atoms. The van der Waals surface area contributed by atoms with Crippen molar-refractivity contribution in [2.45, 2.75) is 4.90 Å². The standard InChI is InChI=1S/C22H20Cl2N2O6S/c1-30-19-10-13(11-20(31-2)21(19)32-3)22(27)25-15-5-7-16(8-6-15)33(28,29)26-18-9-4-14(23)12-17(18)24/h4-12,26H,1-3H3,(H,25,27). The number of halogens is 2. The van der Waals surface area contributed by atoms with E-state index in [0.717, 1.165) is 0 Å². The summed E-state index contributed by atoms with van der Waals surface area (Å²) in [6.45, 7) is 0. The molecule has 0 saturated carbocycles. The minimum Gasteiger partial charge on any atom is -0.493 e. The number of ether oxygens (including phenoxy) is 3. The summed E-state index contributed by atoms with van der Waals surface area (Å²) in [6.07, 6.45) is 0. The highest BCUT2D eigenvalue weighted by Crippen LogP contribution is 2.38. The Bertz CT molecular complexity index is 1260. The van der Waals surface area contributed by atoms with Crippen LogP contribution in [0.2, 0.25) is 10.0 Å². The van der Waals surface area contributed by atoms with E-state index in [-0.39, 0.29) is 21.2 Å². The van der Waals surface area contributed by atoms with Crippen molar-refractivity contribution in [3.8, 4) is 17.2 Å². The summed E-state index contributed by atoms with van der Waals surface area (Å²) in [7, 11) is 0.450. The molecule has 3 aromatic carbocycles. The summed E-state index contributed by atoms with van der Waals surface area (Å²) in [5.41, 5.74) is 0.846. The average molecular weight is 511 g/mol. The number of methoxy groups -OCH3 is 3. The molecule has 0 fully saturated rings. The van der Waals surface area contributed by atoms with Gasteiger partial charge in [-0.2, -0.15) is 0 Å². The van der Waals surface area contributed by atoms with Crippen LogP contribution in [0.5, 0.6) is 17.2 Å². The molecule has 174 valence electrons. The number of nitrogens with one attached hydrogen (secondary N) is 2. The van der Waals surface area contributed by atoms with E-state index < -0.39 is 15.9 Å². The van der Waals surface area contributed by atoms with Crippen LogP contribution in [-0.4, -0.2) is 35.7 Å². The summed E-state index contributed by atoms with van der Waals surface area (Å²) in [6, 6.07) is 13.1. The summed E-state index contributed by atoms with van der Waals surface area (Å²) in [5.74, 6) is 0.570. The van der Waals surface area contributed by atoms with Gasteiger partial charge in [-0.15, -0.1) is 0 Å². The molecule has 0 radical (unpaired) electrons. The van der Waals surface area contributed by atoms with E-state index in [2.05, 4.69) is 10.0 Å². The Balaban J connectivity index is 1.78. The first-order valence-electron chi connectivity index (χ1n) is 9.37. The number of carbonyl (C=O) groups excluding carboxylic acids is 1. The number of amides is 1. The van der Waals surface area contributed by atoms with Gasteiger partial charge in [0.15, 0.2) is 11.5 Å². The van der Waals surface area contributed by atoms with Crippen LogP contribution in [0.15, 0.2) is 59.5 Å². The minimum atomic E-state index is -3.91. The molecule has 2 N–H and O–H groups in total. The SMILES string of the molecule is COc1cc(C(=O)Nc2ccc(S(=O)(=O)Nc3ccc(Cl)cc3Cl)cc2)cc(OC)c1OC. The molecular formula is C22H20Cl2N2O6S. The van der Waals surface area contributed by atoms with Crippen molar-refractivity contribution < 1.29 is 27.4 Å². The Morgan fingerprint density at radius 1 is 0.848 bits per heavy atom. The third kappa shape index (κ3) is 5.62. The van der Waals surface area contributed by atoms with Gasteiger partial charge in [0.1, 0.15) is 0 Å². The van der Waals surface area contributed by atoms with Crippen LogP contribution in [0, 0.1) is 0 Å². The lowest BCUT2D eigenvalue weighted by molar-refractivity contribution is 0.102. The van der Waals surface area contributed by atoms with E-state index in [0.29, 0.717) is 28.0 Å². The lowest BCUT2D eigenvalue weighted by Crippen LogP contribution is -2.14. The van der Waals surface area contributed by atoms with Crippen LogP contribution in [0.4, 0.5) is 11.4 Å². The van der Waals surface area contributed by atoms with E-state index in [1.165, 1.54) is 75.9 Å². The van der Waals surface area contributed by atoms with Gasteiger partial charge in [0.25, 0.3) is 15.9 Å². The number of sulfonamides is 1. The highest BCUT2D eigenvalue weighted by molar-refractivity contribution is 7.92. The second kappa shape index (κ2) is 10.2. The van der Waals surface area contributed by atoms with Gasteiger partial charge in [0, 0.05) is 16.3 Å². The van der Waals surface area contributed by atoms with Crippen LogP contribution < -0.4 is 24.2 Å². The molecule has 8 nitrogen and oxygen atoms in total. The molecule has 0 spiro atoms. The first kappa shape index (κ1) is 24.5. The van der Waals surface area contributed by atoms with Crippen LogP contribution >= 0.6 is 23.2 Å². The third-order valence-electron chi connectivity index (χ3n) is 4.52. The smallest absolute Gasteiger partial charge is 0.261 e. The first-order chi connectivity index (χ1) is 15.7. The molecule has 0 saturated heterocycles. The van der Waals surface area contributed by atoms with E-state index in [1.54, 1.807) is 0 Å². The highest BCUT2D eigenvalue weighted by atomic mass is 35.5. The molecule has 0 aliphatic rings. The fraction of sp³-hybridized carbons (Fsp3) is 0.136. The van der Waals surface area contributed by atoms with Gasteiger partial charge >= 0.3 is 0 Å². The number of carbonyl (C=O) groups is 1. The van der Waals surface area contributed by atoms with Gasteiger partial charge in [-0.05, 0) is 54.6 Å². The van der Waals surface area contributed by atoms with Crippen molar-refractivity contribution in [3.05, 3.63) is 70.2 Å².